The molecule has 0 radical (unpaired) electrons. The first-order valence-electron chi connectivity index (χ1n) is 10.1. The number of aliphatic hydroxyl groups is 1. The van der Waals surface area contributed by atoms with Crippen LogP contribution in [0.15, 0.2) is 48.7 Å². The summed E-state index contributed by atoms with van der Waals surface area (Å²) in [4.78, 5) is 14.4. The summed E-state index contributed by atoms with van der Waals surface area (Å²) in [5, 5.41) is 18.3. The maximum absolute atomic E-state index is 12.6. The number of nitrogens with two attached hydrogens (primary N) is 2. The lowest BCUT2D eigenvalue weighted by atomic mass is 10.1. The molecule has 0 saturated carbocycles. The molecule has 2 heterocycles. The van der Waals surface area contributed by atoms with Gasteiger partial charge in [-0.05, 0) is 42.5 Å². The second kappa shape index (κ2) is 9.53. The van der Waals surface area contributed by atoms with Gasteiger partial charge in [-0.2, -0.15) is 5.10 Å². The van der Waals surface area contributed by atoms with Gasteiger partial charge in [-0.1, -0.05) is 11.8 Å². The van der Waals surface area contributed by atoms with Crippen LogP contribution in [-0.4, -0.2) is 59.0 Å². The fraction of sp³-hybridized carbons (Fsp3) is 0.217. The van der Waals surface area contributed by atoms with E-state index in [1.54, 1.807) is 35.4 Å². The number of benzene rings is 2. The third-order valence-electron chi connectivity index (χ3n) is 5.14. The number of aromatic nitrogens is 2. The van der Waals surface area contributed by atoms with Crippen LogP contribution in [0, 0.1) is 11.8 Å². The van der Waals surface area contributed by atoms with E-state index in [1.165, 1.54) is 5.01 Å². The number of nitrogens with zero attached hydrogens (tertiary/aromatic N) is 3. The first-order valence-corrected chi connectivity index (χ1v) is 10.1. The van der Waals surface area contributed by atoms with Crippen molar-refractivity contribution in [2.24, 2.45) is 11.6 Å². The minimum absolute atomic E-state index is 0.0236. The SMILES string of the molecule is N/C(=C\N(N)c1ccc(C(=O)N2CCOCC2)cc1)c1n[nH]c2cc(C#CCO)ccc12. The van der Waals surface area contributed by atoms with E-state index in [-0.39, 0.29) is 12.5 Å². The third kappa shape index (κ3) is 4.58. The molecule has 0 unspecified atom stereocenters. The van der Waals surface area contributed by atoms with Crippen LogP contribution in [0.1, 0.15) is 21.6 Å². The van der Waals surface area contributed by atoms with Gasteiger partial charge in [0.15, 0.2) is 0 Å². The summed E-state index contributed by atoms with van der Waals surface area (Å²) >= 11 is 0. The number of carbonyl (C=O) groups excluding carboxylic acids is 1. The summed E-state index contributed by atoms with van der Waals surface area (Å²) < 4.78 is 5.29. The number of H-pyrrole nitrogens is 1. The van der Waals surface area contributed by atoms with Gasteiger partial charge in [0.1, 0.15) is 12.3 Å². The van der Waals surface area contributed by atoms with E-state index in [9.17, 15) is 4.79 Å². The highest BCUT2D eigenvalue weighted by atomic mass is 16.5. The zero-order chi connectivity index (χ0) is 22.5. The lowest BCUT2D eigenvalue weighted by molar-refractivity contribution is 0.0303. The number of anilines is 1. The molecule has 32 heavy (non-hydrogen) atoms. The molecule has 1 fully saturated rings. The molecule has 1 amide bonds. The van der Waals surface area contributed by atoms with Crippen LogP contribution >= 0.6 is 0 Å². The number of nitrogens with one attached hydrogen (secondary N) is 1. The fourth-order valence-electron chi connectivity index (χ4n) is 3.47. The van der Waals surface area contributed by atoms with Crippen molar-refractivity contribution in [2.45, 2.75) is 0 Å². The molecule has 1 aliphatic rings. The second-order valence-electron chi connectivity index (χ2n) is 7.24. The standard InChI is InChI=1S/C23H24N6O3/c24-20(22-19-8-3-16(2-1-11-30)14-21(19)26-27-22)15-29(25)18-6-4-17(5-7-18)23(31)28-9-12-32-13-10-28/h3-8,14-15,30H,9-13,24-25H2,(H,26,27)/b20-15-. The molecule has 1 aromatic heterocycles. The smallest absolute Gasteiger partial charge is 0.254 e. The monoisotopic (exact) mass is 432 g/mol. The molecule has 4 rings (SSSR count). The van der Waals surface area contributed by atoms with Crippen molar-refractivity contribution in [1.82, 2.24) is 15.1 Å². The first kappa shape index (κ1) is 21.4. The van der Waals surface area contributed by atoms with Crippen LogP contribution in [0.2, 0.25) is 0 Å². The van der Waals surface area contributed by atoms with Gasteiger partial charge in [0.25, 0.3) is 5.91 Å². The van der Waals surface area contributed by atoms with Crippen molar-refractivity contribution in [2.75, 3.05) is 37.9 Å². The molecule has 0 spiro atoms. The number of carbonyl (C=O) groups is 1. The molecule has 1 saturated heterocycles. The van der Waals surface area contributed by atoms with Crippen LogP contribution in [0.4, 0.5) is 5.69 Å². The number of hydrogen-bond donors (Lipinski definition) is 4. The van der Waals surface area contributed by atoms with Gasteiger partial charge in [-0.3, -0.25) is 14.9 Å². The quantitative estimate of drug-likeness (QED) is 0.275. The summed E-state index contributed by atoms with van der Waals surface area (Å²) in [6.07, 6.45) is 1.58. The Morgan fingerprint density at radius 1 is 1.25 bits per heavy atom. The molecule has 6 N–H and O–H groups in total. The summed E-state index contributed by atoms with van der Waals surface area (Å²) in [5.74, 6) is 11.6. The average Bonchev–Trinajstić information content (AvgIpc) is 3.26. The Morgan fingerprint density at radius 2 is 2.00 bits per heavy atom. The molecule has 9 heteroatoms. The molecule has 0 atom stereocenters. The minimum atomic E-state index is -0.198. The van der Waals surface area contributed by atoms with E-state index >= 15 is 0 Å². The van der Waals surface area contributed by atoms with Crippen molar-refractivity contribution in [1.29, 1.82) is 0 Å². The maximum Gasteiger partial charge on any atom is 0.254 e. The van der Waals surface area contributed by atoms with E-state index in [0.29, 0.717) is 48.9 Å². The zero-order valence-corrected chi connectivity index (χ0v) is 17.4. The Bertz CT molecular complexity index is 1200. The molecule has 2 aromatic carbocycles. The van der Waals surface area contributed by atoms with E-state index in [2.05, 4.69) is 22.0 Å². The third-order valence-corrected chi connectivity index (χ3v) is 5.14. The highest BCUT2D eigenvalue weighted by Crippen LogP contribution is 2.22. The topological polar surface area (TPSA) is 134 Å². The Balaban J connectivity index is 1.50. The number of aromatic amines is 1. The Kier molecular flexibility index (Phi) is 6.37. The van der Waals surface area contributed by atoms with Gasteiger partial charge in [-0.25, -0.2) is 5.84 Å². The summed E-state index contributed by atoms with van der Waals surface area (Å²) in [6, 6.07) is 12.6. The molecular formula is C23H24N6O3. The largest absolute Gasteiger partial charge is 0.396 e. The highest BCUT2D eigenvalue weighted by Gasteiger charge is 2.18. The van der Waals surface area contributed by atoms with Crippen LogP contribution in [-0.2, 0) is 4.74 Å². The fourth-order valence-corrected chi connectivity index (χ4v) is 3.47. The number of hydrazine groups is 1. The normalized spacial score (nSPS) is 14.2. The van der Waals surface area contributed by atoms with Gasteiger partial charge in [0.2, 0.25) is 0 Å². The van der Waals surface area contributed by atoms with E-state index in [4.69, 9.17) is 21.4 Å². The molecular weight excluding hydrogens is 408 g/mol. The molecule has 0 aliphatic carbocycles. The van der Waals surface area contributed by atoms with E-state index < -0.39 is 0 Å². The number of amides is 1. The summed E-state index contributed by atoms with van der Waals surface area (Å²) in [5.41, 5.74) is 10.0. The van der Waals surface area contributed by atoms with Crippen LogP contribution in [0.5, 0.6) is 0 Å². The van der Waals surface area contributed by atoms with Crippen LogP contribution in [0.25, 0.3) is 16.6 Å². The number of ether oxygens (including phenoxy) is 1. The Hall–Kier alpha value is -3.84. The van der Waals surface area contributed by atoms with Gasteiger partial charge in [0.05, 0.1) is 30.1 Å². The predicted octanol–water partition coefficient (Wildman–Crippen LogP) is 1.02. The molecule has 9 nitrogen and oxygen atoms in total. The van der Waals surface area contributed by atoms with Crippen molar-refractivity contribution in [3.05, 3.63) is 65.5 Å². The van der Waals surface area contributed by atoms with Crippen LogP contribution in [0.3, 0.4) is 0 Å². The predicted molar refractivity (Wildman–Crippen MR) is 122 cm³/mol. The highest BCUT2D eigenvalue weighted by molar-refractivity contribution is 5.95. The lowest BCUT2D eigenvalue weighted by Crippen LogP contribution is -2.40. The summed E-state index contributed by atoms with van der Waals surface area (Å²) in [6.45, 7) is 2.11. The Morgan fingerprint density at radius 3 is 2.72 bits per heavy atom. The number of fused-ring (bicyclic) bond motifs is 1. The van der Waals surface area contributed by atoms with Crippen molar-refractivity contribution >= 4 is 28.2 Å². The van der Waals surface area contributed by atoms with Crippen molar-refractivity contribution in [3.63, 3.8) is 0 Å². The van der Waals surface area contributed by atoms with Crippen molar-refractivity contribution < 1.29 is 14.6 Å². The van der Waals surface area contributed by atoms with Gasteiger partial charge >= 0.3 is 0 Å². The van der Waals surface area contributed by atoms with Crippen molar-refractivity contribution in [3.8, 4) is 11.8 Å². The van der Waals surface area contributed by atoms with Gasteiger partial charge in [-0.15, -0.1) is 0 Å². The van der Waals surface area contributed by atoms with E-state index in [0.717, 1.165) is 16.5 Å². The maximum atomic E-state index is 12.6. The van der Waals surface area contributed by atoms with E-state index in [1.807, 2.05) is 18.2 Å². The first-order chi connectivity index (χ1) is 15.6. The van der Waals surface area contributed by atoms with Crippen LogP contribution < -0.4 is 16.6 Å². The molecule has 164 valence electrons. The molecule has 1 aliphatic heterocycles. The number of morpholine rings is 1. The zero-order valence-electron chi connectivity index (χ0n) is 17.4. The number of hydrogen-bond acceptors (Lipinski definition) is 7. The number of rotatable bonds is 4. The summed E-state index contributed by atoms with van der Waals surface area (Å²) in [7, 11) is 0. The van der Waals surface area contributed by atoms with Gasteiger partial charge in [0, 0.05) is 35.8 Å². The Labute approximate surface area is 185 Å². The molecule has 0 bridgehead atoms. The lowest BCUT2D eigenvalue weighted by Gasteiger charge is -2.27. The minimum Gasteiger partial charge on any atom is -0.396 e. The second-order valence-corrected chi connectivity index (χ2v) is 7.24. The number of aliphatic hydroxyl groups excluding tert-OH is 1. The molecule has 3 aromatic rings. The average molecular weight is 432 g/mol. The van der Waals surface area contributed by atoms with Gasteiger partial charge < -0.3 is 20.5 Å².